The first-order chi connectivity index (χ1) is 11.1. The highest BCUT2D eigenvalue weighted by molar-refractivity contribution is 5.76. The van der Waals surface area contributed by atoms with E-state index in [2.05, 4.69) is 72.6 Å². The molecule has 3 nitrogen and oxygen atoms in total. The fourth-order valence-electron chi connectivity index (χ4n) is 3.19. The first-order valence-corrected chi connectivity index (χ1v) is 8.30. The third-order valence-corrected chi connectivity index (χ3v) is 4.54. The Balaban J connectivity index is 1.50. The Morgan fingerprint density at radius 1 is 1.17 bits per heavy atom. The van der Waals surface area contributed by atoms with Crippen LogP contribution in [0.25, 0.3) is 0 Å². The second-order valence-electron chi connectivity index (χ2n) is 6.39. The number of carbonyl (C=O) groups excluding carboxylic acids is 1. The molecule has 1 N–H and O–H groups in total. The molecular formula is C20H24N2O. The average Bonchev–Trinajstić information content (AvgIpc) is 2.87. The van der Waals surface area contributed by atoms with Gasteiger partial charge in [-0.3, -0.25) is 4.79 Å². The van der Waals surface area contributed by atoms with Crippen molar-refractivity contribution >= 4 is 11.6 Å². The lowest BCUT2D eigenvalue weighted by molar-refractivity contribution is -0.121. The van der Waals surface area contributed by atoms with Crippen molar-refractivity contribution in [1.29, 1.82) is 0 Å². The van der Waals surface area contributed by atoms with Gasteiger partial charge in [0.25, 0.3) is 0 Å². The summed E-state index contributed by atoms with van der Waals surface area (Å²) in [5.41, 5.74) is 5.05. The molecule has 23 heavy (non-hydrogen) atoms. The van der Waals surface area contributed by atoms with Crippen LogP contribution >= 0.6 is 0 Å². The number of hydrogen-bond acceptors (Lipinski definition) is 2. The quantitative estimate of drug-likeness (QED) is 0.917. The molecule has 1 aliphatic rings. The summed E-state index contributed by atoms with van der Waals surface area (Å²) in [5, 5.41) is 3.02. The maximum absolute atomic E-state index is 12.1. The number of rotatable bonds is 5. The molecule has 2 aromatic rings. The van der Waals surface area contributed by atoms with Crippen LogP contribution in [0.3, 0.4) is 0 Å². The summed E-state index contributed by atoms with van der Waals surface area (Å²) < 4.78 is 0. The second kappa shape index (κ2) is 6.86. The van der Waals surface area contributed by atoms with E-state index in [9.17, 15) is 4.79 Å². The molecule has 0 bridgehead atoms. The van der Waals surface area contributed by atoms with Gasteiger partial charge in [-0.25, -0.2) is 0 Å². The molecule has 0 spiro atoms. The third kappa shape index (κ3) is 3.73. The highest BCUT2D eigenvalue weighted by Crippen LogP contribution is 2.31. The van der Waals surface area contributed by atoms with Gasteiger partial charge in [0.05, 0.1) is 0 Å². The number of anilines is 1. The van der Waals surface area contributed by atoms with Gasteiger partial charge in [-0.05, 0) is 37.5 Å². The van der Waals surface area contributed by atoms with Crippen LogP contribution in [0.1, 0.15) is 30.0 Å². The van der Waals surface area contributed by atoms with E-state index in [0.717, 1.165) is 18.5 Å². The lowest BCUT2D eigenvalue weighted by Gasteiger charge is -2.24. The van der Waals surface area contributed by atoms with Crippen LogP contribution in [0, 0.1) is 6.92 Å². The number of nitrogens with zero attached hydrogens (tertiary/aromatic N) is 1. The van der Waals surface area contributed by atoms with Gasteiger partial charge in [-0.2, -0.15) is 0 Å². The van der Waals surface area contributed by atoms with Crippen molar-refractivity contribution < 1.29 is 4.79 Å². The van der Waals surface area contributed by atoms with Gasteiger partial charge in [0.1, 0.15) is 0 Å². The number of nitrogens with one attached hydrogen (secondary N) is 1. The van der Waals surface area contributed by atoms with Gasteiger partial charge in [0.15, 0.2) is 0 Å². The Bertz CT molecular complexity index is 678. The minimum Gasteiger partial charge on any atom is -0.368 e. The first kappa shape index (κ1) is 15.6. The average molecular weight is 308 g/mol. The van der Waals surface area contributed by atoms with Gasteiger partial charge >= 0.3 is 0 Å². The fraction of sp³-hybridized carbons (Fsp3) is 0.350. The minimum atomic E-state index is 0.113. The molecule has 0 saturated carbocycles. The maximum Gasteiger partial charge on any atom is 0.222 e. The molecule has 1 aliphatic heterocycles. The smallest absolute Gasteiger partial charge is 0.222 e. The van der Waals surface area contributed by atoms with Gasteiger partial charge in [-0.15, -0.1) is 0 Å². The molecule has 3 rings (SSSR count). The number of fused-ring (bicyclic) bond motifs is 1. The zero-order valence-corrected chi connectivity index (χ0v) is 13.9. The number of para-hydroxylation sites is 1. The predicted molar refractivity (Wildman–Crippen MR) is 94.6 cm³/mol. The van der Waals surface area contributed by atoms with Crippen LogP contribution in [-0.2, 0) is 17.8 Å². The van der Waals surface area contributed by atoms with Crippen LogP contribution in [0.15, 0.2) is 48.5 Å². The van der Waals surface area contributed by atoms with Crippen LogP contribution in [-0.4, -0.2) is 18.5 Å². The molecule has 1 atom stereocenters. The molecule has 1 unspecified atom stereocenters. The first-order valence-electron chi connectivity index (χ1n) is 8.30. The Morgan fingerprint density at radius 2 is 1.91 bits per heavy atom. The van der Waals surface area contributed by atoms with Crippen molar-refractivity contribution in [3.05, 3.63) is 65.2 Å². The van der Waals surface area contributed by atoms with Gasteiger partial charge < -0.3 is 10.2 Å². The molecule has 120 valence electrons. The van der Waals surface area contributed by atoms with E-state index < -0.39 is 0 Å². The van der Waals surface area contributed by atoms with E-state index in [4.69, 9.17) is 0 Å². The molecule has 0 aliphatic carbocycles. The predicted octanol–water partition coefficient (Wildman–Crippen LogP) is 3.45. The summed E-state index contributed by atoms with van der Waals surface area (Å²) in [6.07, 6.45) is 1.60. The highest BCUT2D eigenvalue weighted by Gasteiger charge is 2.25. The molecule has 0 saturated heterocycles. The third-order valence-electron chi connectivity index (χ3n) is 4.54. The largest absolute Gasteiger partial charge is 0.368 e. The van der Waals surface area contributed by atoms with E-state index in [1.807, 2.05) is 0 Å². The van der Waals surface area contributed by atoms with Crippen LogP contribution in [0.4, 0.5) is 5.69 Å². The van der Waals surface area contributed by atoms with Crippen molar-refractivity contribution in [1.82, 2.24) is 5.32 Å². The lowest BCUT2D eigenvalue weighted by Crippen LogP contribution is -2.34. The Kier molecular flexibility index (Phi) is 4.65. The summed E-state index contributed by atoms with van der Waals surface area (Å²) >= 11 is 0. The van der Waals surface area contributed by atoms with Crippen molar-refractivity contribution in [2.45, 2.75) is 39.3 Å². The second-order valence-corrected chi connectivity index (χ2v) is 6.39. The van der Waals surface area contributed by atoms with Gasteiger partial charge in [-0.1, -0.05) is 48.0 Å². The Morgan fingerprint density at radius 3 is 2.70 bits per heavy atom. The van der Waals surface area contributed by atoms with E-state index in [1.165, 1.54) is 16.8 Å². The molecule has 3 heteroatoms. The number of amides is 1. The van der Waals surface area contributed by atoms with E-state index >= 15 is 0 Å². The number of benzene rings is 2. The Labute approximate surface area is 138 Å². The normalized spacial score (nSPS) is 16.3. The molecule has 2 aromatic carbocycles. The molecule has 0 fully saturated rings. The van der Waals surface area contributed by atoms with Crippen LogP contribution < -0.4 is 10.2 Å². The zero-order chi connectivity index (χ0) is 16.2. The number of hydrogen-bond donors (Lipinski definition) is 1. The van der Waals surface area contributed by atoms with E-state index in [-0.39, 0.29) is 5.91 Å². The summed E-state index contributed by atoms with van der Waals surface area (Å²) in [6.45, 7) is 5.67. The molecule has 1 amide bonds. The number of aryl methyl sites for hydroxylation is 1. The van der Waals surface area contributed by atoms with E-state index in [1.54, 1.807) is 0 Å². The lowest BCUT2D eigenvalue weighted by atomic mass is 10.1. The molecule has 1 heterocycles. The summed E-state index contributed by atoms with van der Waals surface area (Å²) in [6, 6.07) is 17.2. The topological polar surface area (TPSA) is 32.3 Å². The summed E-state index contributed by atoms with van der Waals surface area (Å²) in [4.78, 5) is 14.5. The zero-order valence-electron chi connectivity index (χ0n) is 13.9. The monoisotopic (exact) mass is 308 g/mol. The van der Waals surface area contributed by atoms with E-state index in [0.29, 0.717) is 19.0 Å². The van der Waals surface area contributed by atoms with Crippen molar-refractivity contribution in [2.75, 3.05) is 11.4 Å². The summed E-state index contributed by atoms with van der Waals surface area (Å²) in [5.74, 6) is 0.113. The maximum atomic E-state index is 12.1. The molecule has 0 aromatic heterocycles. The Hall–Kier alpha value is -2.29. The SMILES string of the molecule is Cc1ccc(CNC(=O)CCN2c3ccccc3CC2C)cc1. The summed E-state index contributed by atoms with van der Waals surface area (Å²) in [7, 11) is 0. The van der Waals surface area contributed by atoms with Gasteiger partial charge in [0, 0.05) is 31.2 Å². The van der Waals surface area contributed by atoms with Crippen LogP contribution in [0.5, 0.6) is 0 Å². The fourth-order valence-corrected chi connectivity index (χ4v) is 3.19. The van der Waals surface area contributed by atoms with Crippen molar-refractivity contribution in [3.63, 3.8) is 0 Å². The molecule has 0 radical (unpaired) electrons. The standard InChI is InChI=1S/C20H24N2O/c1-15-7-9-17(10-8-15)14-21-20(23)11-12-22-16(2)13-18-5-3-4-6-19(18)22/h3-10,16H,11-14H2,1-2H3,(H,21,23). The van der Waals surface area contributed by atoms with Crippen molar-refractivity contribution in [3.8, 4) is 0 Å². The minimum absolute atomic E-state index is 0.113. The highest BCUT2D eigenvalue weighted by atomic mass is 16.1. The van der Waals surface area contributed by atoms with Gasteiger partial charge in [0.2, 0.25) is 5.91 Å². The van der Waals surface area contributed by atoms with Crippen LogP contribution in [0.2, 0.25) is 0 Å². The van der Waals surface area contributed by atoms with Crippen molar-refractivity contribution in [2.24, 2.45) is 0 Å². The molecular weight excluding hydrogens is 284 g/mol. The number of carbonyl (C=O) groups is 1.